The second kappa shape index (κ2) is 7.66. The van der Waals surface area contributed by atoms with Crippen molar-refractivity contribution in [2.24, 2.45) is 11.8 Å². The Morgan fingerprint density at radius 1 is 1.11 bits per heavy atom. The Balaban J connectivity index is 2.98. The molecule has 0 radical (unpaired) electrons. The fraction of sp³-hybridized carbons (Fsp3) is 0.647. The molecule has 0 amide bonds. The Kier molecular flexibility index (Phi) is 6.53. The van der Waals surface area contributed by atoms with Gasteiger partial charge in [-0.2, -0.15) is 0 Å². The van der Waals surface area contributed by atoms with E-state index in [1.54, 1.807) is 0 Å². The van der Waals surface area contributed by atoms with Crippen LogP contribution in [0.4, 0.5) is 0 Å². The SMILES string of the molecule is CCCc1ccc(C(C(CO)C(C)C)N(C)C)cc1. The van der Waals surface area contributed by atoms with E-state index in [1.165, 1.54) is 17.5 Å². The van der Waals surface area contributed by atoms with Crippen LogP contribution in [-0.4, -0.2) is 30.7 Å². The lowest BCUT2D eigenvalue weighted by atomic mass is 9.84. The lowest BCUT2D eigenvalue weighted by Crippen LogP contribution is -2.32. The summed E-state index contributed by atoms with van der Waals surface area (Å²) in [5.74, 6) is 0.736. The van der Waals surface area contributed by atoms with Crippen molar-refractivity contribution in [2.75, 3.05) is 20.7 Å². The van der Waals surface area contributed by atoms with Gasteiger partial charge < -0.3 is 10.0 Å². The predicted molar refractivity (Wildman–Crippen MR) is 82.3 cm³/mol. The van der Waals surface area contributed by atoms with Crippen LogP contribution in [0, 0.1) is 11.8 Å². The number of benzene rings is 1. The molecule has 0 bridgehead atoms. The third kappa shape index (κ3) is 4.32. The molecule has 0 aromatic heterocycles. The normalized spacial score (nSPS) is 14.9. The average molecular weight is 263 g/mol. The van der Waals surface area contributed by atoms with Crippen LogP contribution in [0.1, 0.15) is 44.4 Å². The maximum Gasteiger partial charge on any atom is 0.0480 e. The van der Waals surface area contributed by atoms with Gasteiger partial charge >= 0.3 is 0 Å². The summed E-state index contributed by atoms with van der Waals surface area (Å²) in [7, 11) is 4.19. The maximum absolute atomic E-state index is 9.69. The molecule has 0 heterocycles. The third-order valence-corrected chi connectivity index (χ3v) is 3.89. The minimum Gasteiger partial charge on any atom is -0.396 e. The third-order valence-electron chi connectivity index (χ3n) is 3.89. The number of aliphatic hydroxyl groups excluding tert-OH is 1. The Morgan fingerprint density at radius 2 is 1.68 bits per heavy atom. The Morgan fingerprint density at radius 3 is 2.05 bits per heavy atom. The first-order valence-corrected chi connectivity index (χ1v) is 7.37. The van der Waals surface area contributed by atoms with Crippen molar-refractivity contribution in [1.82, 2.24) is 4.90 Å². The molecule has 0 saturated carbocycles. The first-order valence-electron chi connectivity index (χ1n) is 7.37. The Hall–Kier alpha value is -0.860. The summed E-state index contributed by atoms with van der Waals surface area (Å²) >= 11 is 0. The summed E-state index contributed by atoms with van der Waals surface area (Å²) in [6.45, 7) is 6.81. The fourth-order valence-electron chi connectivity index (χ4n) is 2.77. The van der Waals surface area contributed by atoms with Crippen LogP contribution in [0.3, 0.4) is 0 Å². The fourth-order valence-corrected chi connectivity index (χ4v) is 2.77. The monoisotopic (exact) mass is 263 g/mol. The molecule has 2 unspecified atom stereocenters. The summed E-state index contributed by atoms with van der Waals surface area (Å²) in [6, 6.07) is 9.18. The largest absolute Gasteiger partial charge is 0.396 e. The number of aryl methyl sites for hydroxylation is 1. The van der Waals surface area contributed by atoms with Gasteiger partial charge in [-0.05, 0) is 37.6 Å². The maximum atomic E-state index is 9.69. The van der Waals surface area contributed by atoms with E-state index in [-0.39, 0.29) is 18.6 Å². The lowest BCUT2D eigenvalue weighted by Gasteiger charge is -2.34. The zero-order chi connectivity index (χ0) is 14.4. The van der Waals surface area contributed by atoms with E-state index in [0.29, 0.717) is 5.92 Å². The molecule has 0 aliphatic heterocycles. The van der Waals surface area contributed by atoms with E-state index < -0.39 is 0 Å². The molecule has 0 spiro atoms. The second-order valence-corrected chi connectivity index (χ2v) is 5.99. The van der Waals surface area contributed by atoms with Crippen molar-refractivity contribution >= 4 is 0 Å². The van der Waals surface area contributed by atoms with Gasteiger partial charge in [0.1, 0.15) is 0 Å². The number of rotatable bonds is 7. The minimum absolute atomic E-state index is 0.233. The molecular weight excluding hydrogens is 234 g/mol. The van der Waals surface area contributed by atoms with Crippen LogP contribution in [0.15, 0.2) is 24.3 Å². The molecule has 2 atom stereocenters. The molecule has 1 N–H and O–H groups in total. The highest BCUT2D eigenvalue weighted by Gasteiger charge is 2.27. The van der Waals surface area contributed by atoms with Crippen molar-refractivity contribution in [3.05, 3.63) is 35.4 Å². The van der Waals surface area contributed by atoms with Gasteiger partial charge in [0.05, 0.1) is 0 Å². The summed E-state index contributed by atoms with van der Waals surface area (Å²) in [6.07, 6.45) is 2.32. The van der Waals surface area contributed by atoms with Crippen molar-refractivity contribution in [3.63, 3.8) is 0 Å². The van der Waals surface area contributed by atoms with Crippen LogP contribution in [-0.2, 0) is 6.42 Å². The van der Waals surface area contributed by atoms with Gasteiger partial charge in [-0.1, -0.05) is 51.5 Å². The van der Waals surface area contributed by atoms with Crippen LogP contribution < -0.4 is 0 Å². The van der Waals surface area contributed by atoms with E-state index in [2.05, 4.69) is 64.0 Å². The predicted octanol–water partition coefficient (Wildman–Crippen LogP) is 3.51. The summed E-state index contributed by atoms with van der Waals surface area (Å²) in [5, 5.41) is 9.69. The highest BCUT2D eigenvalue weighted by Crippen LogP contribution is 2.31. The molecular formula is C17H29NO. The molecule has 0 aliphatic rings. The standard InChI is InChI=1S/C17H29NO/c1-6-7-14-8-10-15(11-9-14)17(18(4)5)16(12-19)13(2)3/h8-11,13,16-17,19H,6-7,12H2,1-5H3. The Labute approximate surface area is 118 Å². The van der Waals surface area contributed by atoms with E-state index in [0.717, 1.165) is 6.42 Å². The molecule has 0 saturated heterocycles. The van der Waals surface area contributed by atoms with Crippen molar-refractivity contribution in [1.29, 1.82) is 0 Å². The summed E-state index contributed by atoms with van der Waals surface area (Å²) in [4.78, 5) is 2.22. The topological polar surface area (TPSA) is 23.5 Å². The Bertz CT molecular complexity index is 356. The number of nitrogens with zero attached hydrogens (tertiary/aromatic N) is 1. The molecule has 1 aromatic carbocycles. The lowest BCUT2D eigenvalue weighted by molar-refractivity contribution is 0.100. The minimum atomic E-state index is 0.233. The average Bonchev–Trinajstić information content (AvgIpc) is 2.36. The van der Waals surface area contributed by atoms with E-state index in [4.69, 9.17) is 0 Å². The molecule has 0 aliphatic carbocycles. The quantitative estimate of drug-likeness (QED) is 0.814. The van der Waals surface area contributed by atoms with Gasteiger partial charge in [0.25, 0.3) is 0 Å². The molecule has 1 aromatic rings. The van der Waals surface area contributed by atoms with Gasteiger partial charge in [-0.25, -0.2) is 0 Å². The smallest absolute Gasteiger partial charge is 0.0480 e. The summed E-state index contributed by atoms with van der Waals surface area (Å²) < 4.78 is 0. The molecule has 1 rings (SSSR count). The highest BCUT2D eigenvalue weighted by molar-refractivity contribution is 5.26. The second-order valence-electron chi connectivity index (χ2n) is 5.99. The van der Waals surface area contributed by atoms with Gasteiger partial charge in [0, 0.05) is 18.6 Å². The van der Waals surface area contributed by atoms with E-state index >= 15 is 0 Å². The van der Waals surface area contributed by atoms with E-state index in [1.807, 2.05) is 0 Å². The zero-order valence-corrected chi connectivity index (χ0v) is 13.1. The van der Waals surface area contributed by atoms with Crippen molar-refractivity contribution in [3.8, 4) is 0 Å². The highest BCUT2D eigenvalue weighted by atomic mass is 16.3. The van der Waals surface area contributed by atoms with Gasteiger partial charge in [-0.3, -0.25) is 0 Å². The van der Waals surface area contributed by atoms with Gasteiger partial charge in [-0.15, -0.1) is 0 Å². The van der Waals surface area contributed by atoms with Crippen molar-refractivity contribution in [2.45, 2.75) is 39.7 Å². The molecule has 2 nitrogen and oxygen atoms in total. The summed E-state index contributed by atoms with van der Waals surface area (Å²) in [5.41, 5.74) is 2.70. The van der Waals surface area contributed by atoms with Gasteiger partial charge in [0.2, 0.25) is 0 Å². The molecule has 108 valence electrons. The van der Waals surface area contributed by atoms with E-state index in [9.17, 15) is 5.11 Å². The molecule has 19 heavy (non-hydrogen) atoms. The zero-order valence-electron chi connectivity index (χ0n) is 13.1. The van der Waals surface area contributed by atoms with Crippen LogP contribution in [0.5, 0.6) is 0 Å². The van der Waals surface area contributed by atoms with Crippen LogP contribution >= 0.6 is 0 Å². The molecule has 2 heteroatoms. The van der Waals surface area contributed by atoms with Crippen LogP contribution in [0.25, 0.3) is 0 Å². The number of aliphatic hydroxyl groups is 1. The number of hydrogen-bond acceptors (Lipinski definition) is 2. The first-order chi connectivity index (χ1) is 9.01. The van der Waals surface area contributed by atoms with Crippen LogP contribution in [0.2, 0.25) is 0 Å². The molecule has 0 fully saturated rings. The number of hydrogen-bond donors (Lipinski definition) is 1. The van der Waals surface area contributed by atoms with Gasteiger partial charge in [0.15, 0.2) is 0 Å². The first kappa shape index (κ1) is 16.2. The van der Waals surface area contributed by atoms with Crippen molar-refractivity contribution < 1.29 is 5.11 Å².